The number of rotatable bonds is 1. The van der Waals surface area contributed by atoms with Crippen LogP contribution in [-0.4, -0.2) is 10.8 Å². The fourth-order valence-electron chi connectivity index (χ4n) is 1.64. The Morgan fingerprint density at radius 1 is 1.50 bits per heavy atom. The number of hydrogen-bond acceptors (Lipinski definition) is 3. The summed E-state index contributed by atoms with van der Waals surface area (Å²) in [7, 11) is 0. The Labute approximate surface area is 79.9 Å². The van der Waals surface area contributed by atoms with Crippen molar-refractivity contribution in [1.29, 1.82) is 0 Å². The molecular weight excluding hydrogens is 184 g/mol. The van der Waals surface area contributed by atoms with Gasteiger partial charge in [0.2, 0.25) is 0 Å². The SMILES string of the molecule is Cc1ccc2c(c1[N+](=O)[O-])C(=O)NC2. The van der Waals surface area contributed by atoms with E-state index in [2.05, 4.69) is 5.32 Å². The van der Waals surface area contributed by atoms with Crippen LogP contribution in [0.15, 0.2) is 12.1 Å². The maximum atomic E-state index is 11.3. The van der Waals surface area contributed by atoms with Crippen LogP contribution < -0.4 is 5.32 Å². The van der Waals surface area contributed by atoms with E-state index in [1.54, 1.807) is 19.1 Å². The topological polar surface area (TPSA) is 72.2 Å². The van der Waals surface area contributed by atoms with Crippen molar-refractivity contribution >= 4 is 11.6 Å². The molecule has 1 N–H and O–H groups in total. The minimum absolute atomic E-state index is 0.0718. The second-order valence-electron chi connectivity index (χ2n) is 3.20. The van der Waals surface area contributed by atoms with Crippen LogP contribution in [0.4, 0.5) is 5.69 Å². The molecule has 5 nitrogen and oxygen atoms in total. The fraction of sp³-hybridized carbons (Fsp3) is 0.222. The Hall–Kier alpha value is -1.91. The van der Waals surface area contributed by atoms with Crippen LogP contribution in [0.5, 0.6) is 0 Å². The Bertz CT molecular complexity index is 440. The number of carbonyl (C=O) groups is 1. The molecule has 14 heavy (non-hydrogen) atoms. The molecule has 0 aliphatic carbocycles. The zero-order valence-corrected chi connectivity index (χ0v) is 7.53. The third kappa shape index (κ3) is 1.06. The van der Waals surface area contributed by atoms with E-state index in [-0.39, 0.29) is 17.2 Å². The van der Waals surface area contributed by atoms with Gasteiger partial charge in [0.25, 0.3) is 11.6 Å². The number of amides is 1. The molecule has 0 spiro atoms. The molecule has 0 fully saturated rings. The molecule has 0 saturated carbocycles. The normalized spacial score (nSPS) is 13.6. The van der Waals surface area contributed by atoms with Crippen LogP contribution >= 0.6 is 0 Å². The molecule has 0 bridgehead atoms. The summed E-state index contributed by atoms with van der Waals surface area (Å²) < 4.78 is 0. The van der Waals surface area contributed by atoms with Crippen molar-refractivity contribution in [1.82, 2.24) is 5.32 Å². The van der Waals surface area contributed by atoms with E-state index < -0.39 is 4.92 Å². The van der Waals surface area contributed by atoms with Crippen molar-refractivity contribution in [3.63, 3.8) is 0 Å². The Kier molecular flexibility index (Phi) is 1.73. The molecule has 0 atom stereocenters. The second-order valence-corrected chi connectivity index (χ2v) is 3.20. The van der Waals surface area contributed by atoms with E-state index in [1.165, 1.54) is 0 Å². The van der Waals surface area contributed by atoms with Gasteiger partial charge in [-0.25, -0.2) is 0 Å². The van der Waals surface area contributed by atoms with Crippen LogP contribution in [0.3, 0.4) is 0 Å². The van der Waals surface area contributed by atoms with Crippen molar-refractivity contribution in [2.75, 3.05) is 0 Å². The molecule has 1 heterocycles. The Balaban J connectivity index is 2.74. The third-order valence-electron chi connectivity index (χ3n) is 2.31. The number of carbonyl (C=O) groups excluding carboxylic acids is 1. The number of nitro groups is 1. The number of nitrogens with zero attached hydrogens (tertiary/aromatic N) is 1. The molecule has 2 rings (SSSR count). The van der Waals surface area contributed by atoms with Crippen molar-refractivity contribution < 1.29 is 9.72 Å². The van der Waals surface area contributed by atoms with E-state index in [1.807, 2.05) is 0 Å². The number of nitrogens with one attached hydrogen (secondary N) is 1. The molecule has 1 aromatic rings. The molecule has 0 saturated heterocycles. The summed E-state index contributed by atoms with van der Waals surface area (Å²) in [5.41, 5.74) is 1.37. The first-order valence-electron chi connectivity index (χ1n) is 4.16. The first-order valence-corrected chi connectivity index (χ1v) is 4.16. The molecule has 1 aliphatic heterocycles. The van der Waals surface area contributed by atoms with Gasteiger partial charge in [0.1, 0.15) is 5.56 Å². The van der Waals surface area contributed by atoms with E-state index in [0.29, 0.717) is 17.7 Å². The van der Waals surface area contributed by atoms with Crippen LogP contribution in [0.25, 0.3) is 0 Å². The predicted molar refractivity (Wildman–Crippen MR) is 49.0 cm³/mol. The molecule has 72 valence electrons. The van der Waals surface area contributed by atoms with Gasteiger partial charge in [-0.1, -0.05) is 12.1 Å². The maximum Gasteiger partial charge on any atom is 0.285 e. The smallest absolute Gasteiger partial charge is 0.285 e. The van der Waals surface area contributed by atoms with Gasteiger partial charge >= 0.3 is 0 Å². The molecule has 1 aromatic carbocycles. The molecule has 1 aliphatic rings. The standard InChI is InChI=1S/C9H8N2O3/c1-5-2-3-6-4-10-9(12)7(6)8(5)11(13)14/h2-3H,4H2,1H3,(H,10,12). The highest BCUT2D eigenvalue weighted by molar-refractivity contribution is 6.02. The zero-order chi connectivity index (χ0) is 10.3. The Morgan fingerprint density at radius 2 is 2.21 bits per heavy atom. The number of hydrogen-bond donors (Lipinski definition) is 1. The van der Waals surface area contributed by atoms with Gasteiger partial charge in [-0.3, -0.25) is 14.9 Å². The van der Waals surface area contributed by atoms with E-state index in [0.717, 1.165) is 0 Å². The predicted octanol–water partition coefficient (Wildman–Crippen LogP) is 1.15. The first-order chi connectivity index (χ1) is 6.61. The van der Waals surface area contributed by atoms with Gasteiger partial charge in [-0.05, 0) is 12.5 Å². The summed E-state index contributed by atoms with van der Waals surface area (Å²) >= 11 is 0. The third-order valence-corrected chi connectivity index (χ3v) is 2.31. The summed E-state index contributed by atoms with van der Waals surface area (Å²) in [4.78, 5) is 21.6. The van der Waals surface area contributed by atoms with Crippen LogP contribution in [-0.2, 0) is 6.54 Å². The molecular formula is C9H8N2O3. The minimum Gasteiger partial charge on any atom is -0.348 e. The average Bonchev–Trinajstić information content (AvgIpc) is 2.47. The lowest BCUT2D eigenvalue weighted by molar-refractivity contribution is -0.385. The quantitative estimate of drug-likeness (QED) is 0.535. The van der Waals surface area contributed by atoms with E-state index in [4.69, 9.17) is 0 Å². The second kappa shape index (κ2) is 2.80. The number of fused-ring (bicyclic) bond motifs is 1. The summed E-state index contributed by atoms with van der Waals surface area (Å²) in [6, 6.07) is 3.41. The molecule has 1 amide bonds. The van der Waals surface area contributed by atoms with Crippen LogP contribution in [0, 0.1) is 17.0 Å². The van der Waals surface area contributed by atoms with E-state index in [9.17, 15) is 14.9 Å². The van der Waals surface area contributed by atoms with Gasteiger partial charge in [0, 0.05) is 12.1 Å². The van der Waals surface area contributed by atoms with E-state index >= 15 is 0 Å². The summed E-state index contributed by atoms with van der Waals surface area (Å²) in [5.74, 6) is -0.351. The highest BCUT2D eigenvalue weighted by Gasteiger charge is 2.30. The van der Waals surface area contributed by atoms with Crippen molar-refractivity contribution in [2.24, 2.45) is 0 Å². The number of aryl methyl sites for hydroxylation is 1. The monoisotopic (exact) mass is 192 g/mol. The minimum atomic E-state index is -0.501. The van der Waals surface area contributed by atoms with Gasteiger partial charge in [0.05, 0.1) is 4.92 Å². The summed E-state index contributed by atoms with van der Waals surface area (Å²) in [5, 5.41) is 13.3. The zero-order valence-electron chi connectivity index (χ0n) is 7.53. The Morgan fingerprint density at radius 3 is 2.86 bits per heavy atom. The van der Waals surface area contributed by atoms with Gasteiger partial charge in [-0.2, -0.15) is 0 Å². The molecule has 5 heteroatoms. The van der Waals surface area contributed by atoms with Crippen molar-refractivity contribution in [3.05, 3.63) is 38.9 Å². The largest absolute Gasteiger partial charge is 0.348 e. The van der Waals surface area contributed by atoms with Crippen molar-refractivity contribution in [2.45, 2.75) is 13.5 Å². The van der Waals surface area contributed by atoms with Crippen LogP contribution in [0.2, 0.25) is 0 Å². The van der Waals surface area contributed by atoms with Gasteiger partial charge in [0.15, 0.2) is 0 Å². The maximum absolute atomic E-state index is 11.3. The lowest BCUT2D eigenvalue weighted by Crippen LogP contribution is -2.13. The summed E-state index contributed by atoms with van der Waals surface area (Å²) in [6.07, 6.45) is 0. The number of nitro benzene ring substituents is 1. The van der Waals surface area contributed by atoms with Crippen LogP contribution in [0.1, 0.15) is 21.5 Å². The van der Waals surface area contributed by atoms with Gasteiger partial charge < -0.3 is 5.32 Å². The summed E-state index contributed by atoms with van der Waals surface area (Å²) in [6.45, 7) is 2.01. The van der Waals surface area contributed by atoms with Gasteiger partial charge in [-0.15, -0.1) is 0 Å². The molecule has 0 unspecified atom stereocenters. The number of benzene rings is 1. The lowest BCUT2D eigenvalue weighted by atomic mass is 10.0. The fourth-order valence-corrected chi connectivity index (χ4v) is 1.64. The lowest BCUT2D eigenvalue weighted by Gasteiger charge is -2.00. The molecule has 0 aromatic heterocycles. The van der Waals surface area contributed by atoms with Crippen molar-refractivity contribution in [3.8, 4) is 0 Å². The molecule has 0 radical (unpaired) electrons. The average molecular weight is 192 g/mol. The highest BCUT2D eigenvalue weighted by Crippen LogP contribution is 2.29. The first kappa shape index (κ1) is 8.68. The highest BCUT2D eigenvalue weighted by atomic mass is 16.6.